The first-order valence-corrected chi connectivity index (χ1v) is 7.66. The number of halogens is 1. The second kappa shape index (κ2) is 7.10. The molecule has 0 aromatic heterocycles. The maximum atomic E-state index is 4.49. The molecule has 0 bridgehead atoms. The van der Waals surface area contributed by atoms with Crippen LogP contribution in [0.4, 0.5) is 0 Å². The van der Waals surface area contributed by atoms with E-state index in [0.29, 0.717) is 0 Å². The van der Waals surface area contributed by atoms with Crippen LogP contribution in [-0.4, -0.2) is 20.0 Å². The van der Waals surface area contributed by atoms with Gasteiger partial charge < -0.3 is 0 Å². The third-order valence-corrected chi connectivity index (χ3v) is 1.66. The van der Waals surface area contributed by atoms with E-state index < -0.39 is 7.26 Å². The molecule has 0 aromatic carbocycles. The van der Waals surface area contributed by atoms with E-state index in [0.717, 1.165) is 0 Å². The summed E-state index contributed by atoms with van der Waals surface area (Å²) in [6.07, 6.45) is 1.88. The summed E-state index contributed by atoms with van der Waals surface area (Å²) in [5.74, 6) is 2.19. The van der Waals surface area contributed by atoms with Crippen LogP contribution in [0, 0.1) is 6.92 Å². The van der Waals surface area contributed by atoms with E-state index in [2.05, 4.69) is 60.4 Å². The van der Waals surface area contributed by atoms with Crippen LogP contribution in [0.25, 0.3) is 0 Å². The van der Waals surface area contributed by atoms with Gasteiger partial charge in [-0.25, -0.2) is 6.92 Å². The molecule has 0 saturated carbocycles. The summed E-state index contributed by atoms with van der Waals surface area (Å²) in [6.45, 7) is 10.4. The summed E-state index contributed by atoms with van der Waals surface area (Å²) in [5.41, 5.74) is 0. The SMILES string of the molecule is [CH2-]C=C[P+](C)(C)C.[Cl][Pd+]. The molecule has 0 fully saturated rings. The molecule has 0 heterocycles. The van der Waals surface area contributed by atoms with Crippen molar-refractivity contribution in [2.75, 3.05) is 20.0 Å². The maximum absolute atomic E-state index is 4.49. The Morgan fingerprint density at radius 2 is 1.67 bits per heavy atom. The van der Waals surface area contributed by atoms with Gasteiger partial charge in [0.05, 0.1) is 0 Å². The van der Waals surface area contributed by atoms with Gasteiger partial charge in [0.1, 0.15) is 0 Å². The average molecular weight is 258 g/mol. The van der Waals surface area contributed by atoms with Gasteiger partial charge in [-0.3, -0.25) is 0 Å². The van der Waals surface area contributed by atoms with Crippen LogP contribution in [0.2, 0.25) is 0 Å². The van der Waals surface area contributed by atoms with E-state index in [1.165, 1.54) is 0 Å². The van der Waals surface area contributed by atoms with Crippen molar-refractivity contribution in [3.63, 3.8) is 0 Å². The summed E-state index contributed by atoms with van der Waals surface area (Å²) < 4.78 is 0. The zero-order valence-electron chi connectivity index (χ0n) is 6.00. The number of allylic oxidation sites excluding steroid dienone is 1. The molecule has 0 aliphatic heterocycles. The van der Waals surface area contributed by atoms with Gasteiger partial charge in [-0.2, -0.15) is 6.08 Å². The van der Waals surface area contributed by atoms with Crippen molar-refractivity contribution < 1.29 is 18.2 Å². The monoisotopic (exact) mass is 257 g/mol. The van der Waals surface area contributed by atoms with Crippen molar-refractivity contribution in [1.82, 2.24) is 0 Å². The zero-order valence-corrected chi connectivity index (χ0v) is 9.21. The van der Waals surface area contributed by atoms with Gasteiger partial charge in [-0.05, 0) is 7.26 Å². The van der Waals surface area contributed by atoms with Crippen molar-refractivity contribution in [3.8, 4) is 0 Å². The molecule has 9 heavy (non-hydrogen) atoms. The van der Waals surface area contributed by atoms with Gasteiger partial charge in [0.25, 0.3) is 0 Å². The number of rotatable bonds is 1. The summed E-state index contributed by atoms with van der Waals surface area (Å²) >= 11 is 2.22. The van der Waals surface area contributed by atoms with Gasteiger partial charge in [-0.15, -0.1) is 0 Å². The first-order valence-electron chi connectivity index (χ1n) is 2.46. The molecule has 0 aliphatic rings. The van der Waals surface area contributed by atoms with Crippen molar-refractivity contribution >= 4 is 16.8 Å². The Morgan fingerprint density at radius 3 is 1.67 bits per heavy atom. The molecule has 0 N–H and O–H groups in total. The van der Waals surface area contributed by atoms with E-state index >= 15 is 0 Å². The van der Waals surface area contributed by atoms with E-state index in [4.69, 9.17) is 0 Å². The quantitative estimate of drug-likeness (QED) is 0.385. The fourth-order valence-corrected chi connectivity index (χ4v) is 0.949. The van der Waals surface area contributed by atoms with Crippen LogP contribution in [-0.2, 0) is 18.2 Å². The topological polar surface area (TPSA) is 0 Å². The van der Waals surface area contributed by atoms with Gasteiger partial charge in [0, 0.05) is 20.0 Å². The molecule has 0 unspecified atom stereocenters. The van der Waals surface area contributed by atoms with Gasteiger partial charge in [-0.1, -0.05) is 5.82 Å². The number of hydrogen-bond acceptors (Lipinski definition) is 0. The van der Waals surface area contributed by atoms with Crippen molar-refractivity contribution in [3.05, 3.63) is 18.8 Å². The molecule has 0 spiro atoms. The van der Waals surface area contributed by atoms with E-state index in [1.54, 1.807) is 0 Å². The van der Waals surface area contributed by atoms with Crippen LogP contribution in [0.1, 0.15) is 0 Å². The molecule has 0 amide bonds. The Balaban J connectivity index is 0. The first-order chi connectivity index (χ1) is 4.06. The summed E-state index contributed by atoms with van der Waals surface area (Å²) in [7, 11) is 3.83. The fraction of sp³-hybridized carbons (Fsp3) is 0.500. The summed E-state index contributed by atoms with van der Waals surface area (Å²) in [4.78, 5) is 0. The Bertz CT molecular complexity index is 75.6. The Kier molecular flexibility index (Phi) is 9.98. The van der Waals surface area contributed by atoms with Gasteiger partial charge >= 0.3 is 27.7 Å². The molecule has 0 rings (SSSR count). The van der Waals surface area contributed by atoms with Gasteiger partial charge in [0.15, 0.2) is 0 Å². The van der Waals surface area contributed by atoms with Crippen LogP contribution in [0.5, 0.6) is 0 Å². The third-order valence-electron chi connectivity index (χ3n) is 0.553. The average Bonchev–Trinajstić information content (AvgIpc) is 1.69. The minimum absolute atomic E-state index is 0.659. The van der Waals surface area contributed by atoms with E-state index in [1.807, 2.05) is 6.08 Å². The molecule has 0 atom stereocenters. The summed E-state index contributed by atoms with van der Waals surface area (Å²) in [5, 5.41) is 0. The normalized spacial score (nSPS) is 10.9. The molecule has 0 radical (unpaired) electrons. The van der Waals surface area contributed by atoms with E-state index in [9.17, 15) is 0 Å². The van der Waals surface area contributed by atoms with E-state index in [-0.39, 0.29) is 0 Å². The molecule has 3 heteroatoms. The Labute approximate surface area is 73.8 Å². The molecule has 58 valence electrons. The standard InChI is InChI=1S/C6H13P.ClH.Pd/c1-5-6-7(2,3)4;;/h5-6H,1H2,2-4H3;1H;/q;;+2/p-1. The van der Waals surface area contributed by atoms with Crippen LogP contribution in [0.15, 0.2) is 11.9 Å². The second-order valence-electron chi connectivity index (χ2n) is 2.50. The van der Waals surface area contributed by atoms with Crippen molar-refractivity contribution in [1.29, 1.82) is 0 Å². The summed E-state index contributed by atoms with van der Waals surface area (Å²) in [6, 6.07) is 0. The Hall–Kier alpha value is 0.992. The van der Waals surface area contributed by atoms with Gasteiger partial charge in [0.2, 0.25) is 0 Å². The second-order valence-corrected chi connectivity index (χ2v) is 7.03. The molecule has 0 aliphatic carbocycles. The predicted molar refractivity (Wildman–Crippen MR) is 45.0 cm³/mol. The zero-order chi connectivity index (χ0) is 7.91. The predicted octanol–water partition coefficient (Wildman–Crippen LogP) is 2.93. The Morgan fingerprint density at radius 1 is 1.33 bits per heavy atom. The first kappa shape index (κ1) is 12.6. The number of hydrogen-bond donors (Lipinski definition) is 0. The molecular formula is C6H13ClPPd+. The van der Waals surface area contributed by atoms with Crippen LogP contribution in [0.3, 0.4) is 0 Å². The van der Waals surface area contributed by atoms with Crippen molar-refractivity contribution in [2.24, 2.45) is 0 Å². The third kappa shape index (κ3) is 17.6. The minimum atomic E-state index is -0.659. The van der Waals surface area contributed by atoms with Crippen molar-refractivity contribution in [2.45, 2.75) is 0 Å². The molecular weight excluding hydrogens is 245 g/mol. The molecule has 0 nitrogen and oxygen atoms in total. The molecule has 0 aromatic rings. The van der Waals surface area contributed by atoms with Crippen LogP contribution >= 0.6 is 16.8 Å². The fourth-order valence-electron chi connectivity index (χ4n) is 0.316. The molecule has 0 saturated heterocycles. The van der Waals surface area contributed by atoms with Crippen LogP contribution < -0.4 is 0 Å².